The minimum Gasteiger partial charge on any atom is -0.466 e. The first kappa shape index (κ1) is 19.3. The first-order valence-corrected chi connectivity index (χ1v) is 10.9. The van der Waals surface area contributed by atoms with Crippen molar-refractivity contribution < 1.29 is 14.3 Å². The van der Waals surface area contributed by atoms with Crippen molar-refractivity contribution in [3.05, 3.63) is 35.4 Å². The predicted molar refractivity (Wildman–Crippen MR) is 108 cm³/mol. The molecule has 3 atom stereocenters. The van der Waals surface area contributed by atoms with Gasteiger partial charge >= 0.3 is 12.0 Å². The van der Waals surface area contributed by atoms with Gasteiger partial charge in [-0.2, -0.15) is 0 Å². The lowest BCUT2D eigenvalue weighted by Gasteiger charge is -2.43. The van der Waals surface area contributed by atoms with Gasteiger partial charge in [0.1, 0.15) is 0 Å². The summed E-state index contributed by atoms with van der Waals surface area (Å²) in [6, 6.07) is 9.83. The zero-order valence-corrected chi connectivity index (χ0v) is 17.1. The molecule has 0 spiro atoms. The number of nitrogens with zero attached hydrogens (tertiary/aromatic N) is 2. The number of aryl methyl sites for hydroxylation is 1. The Bertz CT molecular complexity index is 695. The van der Waals surface area contributed by atoms with Gasteiger partial charge in [0.05, 0.1) is 12.5 Å². The molecule has 0 radical (unpaired) electrons. The number of esters is 1. The Morgan fingerprint density at radius 1 is 1.00 bits per heavy atom. The summed E-state index contributed by atoms with van der Waals surface area (Å²) in [7, 11) is 0. The third kappa shape index (κ3) is 3.76. The maximum Gasteiger partial charge on any atom is 0.320 e. The van der Waals surface area contributed by atoms with Crippen molar-refractivity contribution in [3.63, 3.8) is 0 Å². The normalized spacial score (nSPS) is 27.7. The topological polar surface area (TPSA) is 49.9 Å². The van der Waals surface area contributed by atoms with Crippen LogP contribution in [-0.2, 0) is 9.53 Å². The molecule has 5 nitrogen and oxygen atoms in total. The molecule has 152 valence electrons. The van der Waals surface area contributed by atoms with Crippen molar-refractivity contribution in [1.82, 2.24) is 9.80 Å². The quantitative estimate of drug-likeness (QED) is 0.737. The van der Waals surface area contributed by atoms with Crippen LogP contribution < -0.4 is 0 Å². The second-order valence-corrected chi connectivity index (χ2v) is 8.67. The highest BCUT2D eigenvalue weighted by molar-refractivity contribution is 5.77. The van der Waals surface area contributed by atoms with Crippen molar-refractivity contribution >= 4 is 12.0 Å². The molecule has 3 fully saturated rings. The molecule has 3 aliphatic rings. The van der Waals surface area contributed by atoms with Gasteiger partial charge in [-0.15, -0.1) is 0 Å². The molecule has 5 heteroatoms. The second kappa shape index (κ2) is 8.14. The Kier molecular flexibility index (Phi) is 5.61. The van der Waals surface area contributed by atoms with E-state index in [4.69, 9.17) is 4.74 Å². The highest BCUT2D eigenvalue weighted by Crippen LogP contribution is 2.43. The van der Waals surface area contributed by atoms with Crippen LogP contribution in [0.1, 0.15) is 62.5 Å². The number of piperidine rings is 2. The second-order valence-electron chi connectivity index (χ2n) is 8.67. The minimum absolute atomic E-state index is 0.0482. The SMILES string of the molecule is CCOC(=O)C1CCN(C(=O)N2[C@@H]3CC[C@H]2CC(c2ccc(C)cc2)C3)CC1. The van der Waals surface area contributed by atoms with Crippen LogP contribution in [0.15, 0.2) is 24.3 Å². The number of rotatable bonds is 3. The smallest absolute Gasteiger partial charge is 0.320 e. The number of amides is 2. The molecule has 3 saturated heterocycles. The van der Waals surface area contributed by atoms with Gasteiger partial charge in [0.2, 0.25) is 0 Å². The largest absolute Gasteiger partial charge is 0.466 e. The molecule has 0 aliphatic carbocycles. The average Bonchev–Trinajstić information content (AvgIpc) is 2.97. The third-order valence-corrected chi connectivity index (χ3v) is 6.89. The van der Waals surface area contributed by atoms with Gasteiger partial charge < -0.3 is 14.5 Å². The highest BCUT2D eigenvalue weighted by atomic mass is 16.5. The minimum atomic E-state index is -0.103. The zero-order valence-electron chi connectivity index (χ0n) is 17.1. The van der Waals surface area contributed by atoms with Gasteiger partial charge in [-0.1, -0.05) is 29.8 Å². The van der Waals surface area contributed by atoms with Gasteiger partial charge in [0, 0.05) is 25.2 Å². The molecule has 28 heavy (non-hydrogen) atoms. The van der Waals surface area contributed by atoms with E-state index in [1.807, 2.05) is 11.8 Å². The van der Waals surface area contributed by atoms with Crippen molar-refractivity contribution in [2.24, 2.45) is 5.92 Å². The number of hydrogen-bond donors (Lipinski definition) is 0. The van der Waals surface area contributed by atoms with Gasteiger partial charge in [-0.05, 0) is 63.9 Å². The Morgan fingerprint density at radius 3 is 2.18 bits per heavy atom. The van der Waals surface area contributed by atoms with Gasteiger partial charge in [0.25, 0.3) is 0 Å². The molecular weight excluding hydrogens is 352 g/mol. The summed E-state index contributed by atoms with van der Waals surface area (Å²) in [5, 5.41) is 0. The van der Waals surface area contributed by atoms with Gasteiger partial charge in [-0.25, -0.2) is 4.79 Å². The van der Waals surface area contributed by atoms with Crippen molar-refractivity contribution in [2.75, 3.05) is 19.7 Å². The fraction of sp³-hybridized carbons (Fsp3) is 0.652. The molecule has 2 amide bonds. The van der Waals surface area contributed by atoms with Gasteiger partial charge in [-0.3, -0.25) is 4.79 Å². The van der Waals surface area contributed by atoms with E-state index in [2.05, 4.69) is 36.1 Å². The van der Waals surface area contributed by atoms with E-state index in [0.29, 0.717) is 37.7 Å². The van der Waals surface area contributed by atoms with Crippen LogP contribution in [0.5, 0.6) is 0 Å². The van der Waals surface area contributed by atoms with E-state index in [1.165, 1.54) is 11.1 Å². The van der Waals surface area contributed by atoms with Crippen LogP contribution >= 0.6 is 0 Å². The molecule has 2 bridgehead atoms. The van der Waals surface area contributed by atoms with Crippen molar-refractivity contribution in [3.8, 4) is 0 Å². The zero-order chi connectivity index (χ0) is 19.7. The summed E-state index contributed by atoms with van der Waals surface area (Å²) >= 11 is 0. The molecule has 1 aromatic rings. The summed E-state index contributed by atoms with van der Waals surface area (Å²) in [6.45, 7) is 5.73. The Hall–Kier alpha value is -2.04. The maximum atomic E-state index is 13.2. The van der Waals surface area contributed by atoms with Gasteiger partial charge in [0.15, 0.2) is 0 Å². The van der Waals surface area contributed by atoms with Crippen LogP contribution in [-0.4, -0.2) is 53.6 Å². The lowest BCUT2D eigenvalue weighted by molar-refractivity contribution is -0.149. The van der Waals surface area contributed by atoms with E-state index in [0.717, 1.165) is 38.5 Å². The summed E-state index contributed by atoms with van der Waals surface area (Å²) in [4.78, 5) is 29.3. The fourth-order valence-electron chi connectivity index (χ4n) is 5.33. The standard InChI is InChI=1S/C23H32N2O3/c1-3-28-22(26)18-10-12-24(13-11-18)23(27)25-20-8-9-21(25)15-19(14-20)17-6-4-16(2)5-7-17/h4-7,18-21H,3,8-15H2,1-2H3/t19?,20-,21+. The van der Waals surface area contributed by atoms with Crippen LogP contribution in [0.3, 0.4) is 0 Å². The number of carbonyl (C=O) groups is 2. The molecule has 0 aromatic heterocycles. The van der Waals surface area contributed by atoms with E-state index in [-0.39, 0.29) is 17.9 Å². The number of likely N-dealkylation sites (tertiary alicyclic amines) is 1. The van der Waals surface area contributed by atoms with E-state index in [9.17, 15) is 9.59 Å². The first-order valence-electron chi connectivity index (χ1n) is 10.9. The Balaban J connectivity index is 1.36. The van der Waals surface area contributed by atoms with Crippen molar-refractivity contribution in [2.45, 2.75) is 70.4 Å². The van der Waals surface area contributed by atoms with E-state index < -0.39 is 0 Å². The Labute approximate surface area is 168 Å². The lowest BCUT2D eigenvalue weighted by Crippen LogP contribution is -2.53. The summed E-state index contributed by atoms with van der Waals surface area (Å²) in [5.41, 5.74) is 2.72. The maximum absolute atomic E-state index is 13.2. The number of ether oxygens (including phenoxy) is 1. The summed E-state index contributed by atoms with van der Waals surface area (Å²) in [6.07, 6.45) is 5.84. The molecular formula is C23H32N2O3. The molecule has 1 aromatic carbocycles. The molecule has 1 unspecified atom stereocenters. The van der Waals surface area contributed by atoms with Crippen molar-refractivity contribution in [1.29, 1.82) is 0 Å². The average molecular weight is 385 g/mol. The molecule has 4 rings (SSSR count). The predicted octanol–water partition coefficient (Wildman–Crippen LogP) is 4.10. The first-order chi connectivity index (χ1) is 13.6. The third-order valence-electron chi connectivity index (χ3n) is 6.89. The van der Waals surface area contributed by atoms with Crippen LogP contribution in [0.2, 0.25) is 0 Å². The fourth-order valence-corrected chi connectivity index (χ4v) is 5.33. The molecule has 0 saturated carbocycles. The number of carbonyl (C=O) groups excluding carboxylic acids is 2. The number of fused-ring (bicyclic) bond motifs is 2. The summed E-state index contributed by atoms with van der Waals surface area (Å²) < 4.78 is 5.15. The van der Waals surface area contributed by atoms with E-state index in [1.54, 1.807) is 0 Å². The molecule has 3 aliphatic heterocycles. The lowest BCUT2D eigenvalue weighted by atomic mass is 9.85. The monoisotopic (exact) mass is 384 g/mol. The Morgan fingerprint density at radius 2 is 1.61 bits per heavy atom. The van der Waals surface area contributed by atoms with Crippen LogP contribution in [0, 0.1) is 12.8 Å². The number of benzene rings is 1. The van der Waals surface area contributed by atoms with Crippen LogP contribution in [0.4, 0.5) is 4.79 Å². The van der Waals surface area contributed by atoms with Crippen LogP contribution in [0.25, 0.3) is 0 Å². The molecule has 3 heterocycles. The number of urea groups is 1. The highest BCUT2D eigenvalue weighted by Gasteiger charge is 2.45. The summed E-state index contributed by atoms with van der Waals surface area (Å²) in [5.74, 6) is 0.415. The molecule has 0 N–H and O–H groups in total. The number of hydrogen-bond acceptors (Lipinski definition) is 3. The van der Waals surface area contributed by atoms with E-state index >= 15 is 0 Å².